The zero-order chi connectivity index (χ0) is 30.8. The van der Waals surface area contributed by atoms with Crippen LogP contribution in [-0.4, -0.2) is 23.2 Å². The van der Waals surface area contributed by atoms with E-state index in [1.54, 1.807) is 74.8 Å². The molecule has 2 aliphatic rings. The van der Waals surface area contributed by atoms with Crippen LogP contribution in [0.5, 0.6) is 0 Å². The quantitative estimate of drug-likeness (QED) is 0.204. The number of rotatable bonds is 7. The number of carbonyl (C=O) groups is 2. The van der Waals surface area contributed by atoms with E-state index in [-0.39, 0.29) is 11.8 Å². The van der Waals surface area contributed by atoms with Gasteiger partial charge in [0.05, 0.1) is 33.9 Å². The van der Waals surface area contributed by atoms with Crippen LogP contribution in [0.15, 0.2) is 131 Å². The molecule has 4 aromatic rings. The van der Waals surface area contributed by atoms with Gasteiger partial charge in [0.25, 0.3) is 11.8 Å². The molecule has 0 aliphatic carbocycles. The molecule has 0 saturated carbocycles. The summed E-state index contributed by atoms with van der Waals surface area (Å²) in [5, 5.41) is 19.0. The van der Waals surface area contributed by atoms with E-state index in [0.717, 1.165) is 22.5 Å². The maximum atomic E-state index is 13.0. The van der Waals surface area contributed by atoms with Crippen LogP contribution in [0.25, 0.3) is 11.1 Å². The Balaban J connectivity index is 1.08. The maximum Gasteiger partial charge on any atom is 0.282 e. The van der Waals surface area contributed by atoms with Crippen LogP contribution in [0.3, 0.4) is 0 Å². The van der Waals surface area contributed by atoms with Crippen LogP contribution in [0.4, 0.5) is 22.7 Å². The van der Waals surface area contributed by atoms with Crippen LogP contribution in [0, 0.1) is 0 Å². The molecule has 2 amide bonds. The first kappa shape index (κ1) is 28.9. The predicted octanol–water partition coefficient (Wildman–Crippen LogP) is 8.10. The average Bonchev–Trinajstić information content (AvgIpc) is 3.48. The Morgan fingerprint density at radius 3 is 1.34 bits per heavy atom. The van der Waals surface area contributed by atoms with Gasteiger partial charge in [0.15, 0.2) is 0 Å². The number of nitrogens with one attached hydrogen (secondary N) is 2. The van der Waals surface area contributed by atoms with Crippen molar-refractivity contribution in [1.82, 2.24) is 0 Å². The molecule has 2 aliphatic heterocycles. The van der Waals surface area contributed by atoms with E-state index in [9.17, 15) is 9.59 Å². The summed E-state index contributed by atoms with van der Waals surface area (Å²) >= 11 is 12.2. The lowest BCUT2D eigenvalue weighted by molar-refractivity contribution is -0.115. The lowest BCUT2D eigenvalue weighted by Gasteiger charge is -2.12. The standard InChI is InChI=1S/C34H26Cl2N6O2/c1-21-31(33(43)41(39-21)29-7-3-5-25(35)17-29)19-37-27-13-9-23(10-14-27)24-11-15-28(16-12-24)38-20-32-22(2)40-42(34(32)44)30-8-4-6-26(36)18-30/h3-20,37-38H,1-2H3/b31-19-,32-20-. The summed E-state index contributed by atoms with van der Waals surface area (Å²) in [6, 6.07) is 29.9. The van der Waals surface area contributed by atoms with Gasteiger partial charge < -0.3 is 10.6 Å². The van der Waals surface area contributed by atoms with Gasteiger partial charge in [-0.3, -0.25) is 9.59 Å². The Kier molecular flexibility index (Phi) is 8.02. The summed E-state index contributed by atoms with van der Waals surface area (Å²) < 4.78 is 0. The number of hydrogen-bond acceptors (Lipinski definition) is 6. The Morgan fingerprint density at radius 1 is 0.591 bits per heavy atom. The smallest absolute Gasteiger partial charge is 0.282 e. The zero-order valence-corrected chi connectivity index (χ0v) is 25.3. The predicted molar refractivity (Wildman–Crippen MR) is 179 cm³/mol. The third-order valence-electron chi connectivity index (χ3n) is 7.10. The van der Waals surface area contributed by atoms with Crippen molar-refractivity contribution in [3.8, 4) is 11.1 Å². The molecule has 0 radical (unpaired) electrons. The molecule has 10 heteroatoms. The number of nitrogens with zero attached hydrogens (tertiary/aromatic N) is 4. The molecule has 0 bridgehead atoms. The molecule has 0 unspecified atom stereocenters. The Hall–Kier alpha value is -5.18. The van der Waals surface area contributed by atoms with Crippen molar-refractivity contribution in [2.75, 3.05) is 20.7 Å². The molecule has 218 valence electrons. The van der Waals surface area contributed by atoms with Gasteiger partial charge in [-0.2, -0.15) is 20.2 Å². The van der Waals surface area contributed by atoms with Crippen molar-refractivity contribution < 1.29 is 9.59 Å². The maximum absolute atomic E-state index is 13.0. The fraction of sp³-hybridized carbons (Fsp3) is 0.0588. The first-order chi connectivity index (χ1) is 21.3. The van der Waals surface area contributed by atoms with Crippen LogP contribution in [-0.2, 0) is 9.59 Å². The molecule has 8 nitrogen and oxygen atoms in total. The number of carbonyl (C=O) groups excluding carboxylic acids is 2. The third kappa shape index (κ3) is 5.99. The van der Waals surface area contributed by atoms with Gasteiger partial charge >= 0.3 is 0 Å². The minimum Gasteiger partial charge on any atom is -0.361 e. The second-order valence-electron chi connectivity index (χ2n) is 10.1. The van der Waals surface area contributed by atoms with E-state index >= 15 is 0 Å². The number of halogens is 2. The number of benzene rings is 4. The highest BCUT2D eigenvalue weighted by atomic mass is 35.5. The number of amides is 2. The Morgan fingerprint density at radius 2 is 0.977 bits per heavy atom. The molecule has 2 heterocycles. The van der Waals surface area contributed by atoms with Crippen molar-refractivity contribution in [3.05, 3.63) is 131 Å². The Bertz CT molecular complexity index is 1760. The highest BCUT2D eigenvalue weighted by molar-refractivity contribution is 6.33. The monoisotopic (exact) mass is 620 g/mol. The minimum atomic E-state index is -0.226. The van der Waals surface area contributed by atoms with E-state index in [0.29, 0.717) is 44.0 Å². The van der Waals surface area contributed by atoms with Gasteiger partial charge in [-0.05, 0) is 85.6 Å². The van der Waals surface area contributed by atoms with Crippen molar-refractivity contribution in [1.29, 1.82) is 0 Å². The van der Waals surface area contributed by atoms with Gasteiger partial charge in [0.1, 0.15) is 0 Å². The molecule has 0 saturated heterocycles. The topological polar surface area (TPSA) is 89.4 Å². The van der Waals surface area contributed by atoms with E-state index < -0.39 is 0 Å². The molecular weight excluding hydrogens is 595 g/mol. The first-order valence-electron chi connectivity index (χ1n) is 13.7. The van der Waals surface area contributed by atoms with Gasteiger partial charge in [-0.1, -0.05) is 59.6 Å². The number of hydrogen-bond donors (Lipinski definition) is 2. The number of hydrazone groups is 2. The molecule has 2 N–H and O–H groups in total. The third-order valence-corrected chi connectivity index (χ3v) is 7.57. The summed E-state index contributed by atoms with van der Waals surface area (Å²) in [7, 11) is 0. The fourth-order valence-electron chi connectivity index (χ4n) is 4.76. The molecule has 4 aromatic carbocycles. The normalized spacial score (nSPS) is 16.5. The van der Waals surface area contributed by atoms with Crippen LogP contribution in [0.1, 0.15) is 13.8 Å². The lowest BCUT2D eigenvalue weighted by Crippen LogP contribution is -2.21. The second-order valence-corrected chi connectivity index (χ2v) is 11.0. The van der Waals surface area contributed by atoms with E-state index in [1.165, 1.54) is 10.0 Å². The molecule has 6 rings (SSSR count). The highest BCUT2D eigenvalue weighted by Crippen LogP contribution is 2.28. The molecule has 0 fully saturated rings. The van der Waals surface area contributed by atoms with E-state index in [2.05, 4.69) is 20.8 Å². The molecule has 0 atom stereocenters. The van der Waals surface area contributed by atoms with Gasteiger partial charge in [-0.25, -0.2) is 0 Å². The van der Waals surface area contributed by atoms with Crippen molar-refractivity contribution in [2.45, 2.75) is 13.8 Å². The van der Waals surface area contributed by atoms with Gasteiger partial charge in [0, 0.05) is 33.8 Å². The van der Waals surface area contributed by atoms with E-state index in [1.807, 2.05) is 48.5 Å². The molecule has 44 heavy (non-hydrogen) atoms. The summed E-state index contributed by atoms with van der Waals surface area (Å²) in [5.41, 5.74) is 7.13. The molecular formula is C34H26Cl2N6O2. The lowest BCUT2D eigenvalue weighted by atomic mass is 10.0. The summed E-state index contributed by atoms with van der Waals surface area (Å²) in [6.07, 6.45) is 3.34. The zero-order valence-electron chi connectivity index (χ0n) is 23.8. The minimum absolute atomic E-state index is 0.226. The van der Waals surface area contributed by atoms with Gasteiger partial charge in [-0.15, -0.1) is 0 Å². The van der Waals surface area contributed by atoms with Crippen molar-refractivity contribution >= 4 is 69.2 Å². The largest absolute Gasteiger partial charge is 0.361 e. The molecule has 0 spiro atoms. The first-order valence-corrected chi connectivity index (χ1v) is 14.5. The summed E-state index contributed by atoms with van der Waals surface area (Å²) in [5.74, 6) is -0.451. The van der Waals surface area contributed by atoms with Crippen molar-refractivity contribution in [3.63, 3.8) is 0 Å². The van der Waals surface area contributed by atoms with Gasteiger partial charge in [0.2, 0.25) is 0 Å². The second kappa shape index (κ2) is 12.2. The fourth-order valence-corrected chi connectivity index (χ4v) is 5.13. The van der Waals surface area contributed by atoms with E-state index in [4.69, 9.17) is 23.2 Å². The average molecular weight is 622 g/mol. The molecule has 0 aromatic heterocycles. The SMILES string of the molecule is CC1=NN(c2cccc(Cl)c2)C(=O)/C1=C\Nc1ccc(-c2ccc(N/C=C3\C(=O)N(c4cccc(Cl)c4)N=C3C)cc2)cc1. The highest BCUT2D eigenvalue weighted by Gasteiger charge is 2.30. The van der Waals surface area contributed by atoms with Crippen LogP contribution >= 0.6 is 23.2 Å². The van der Waals surface area contributed by atoms with Crippen molar-refractivity contribution in [2.24, 2.45) is 10.2 Å². The Labute approximate surface area is 264 Å². The van der Waals surface area contributed by atoms with Crippen LogP contribution in [0.2, 0.25) is 10.0 Å². The van der Waals surface area contributed by atoms with Crippen LogP contribution < -0.4 is 20.7 Å². The summed E-state index contributed by atoms with van der Waals surface area (Å²) in [4.78, 5) is 26.0. The summed E-state index contributed by atoms with van der Waals surface area (Å²) in [6.45, 7) is 3.59. The number of anilines is 4.